The summed E-state index contributed by atoms with van der Waals surface area (Å²) in [5, 5.41) is 7.68. The lowest BCUT2D eigenvalue weighted by molar-refractivity contribution is 1.17. The first-order valence-corrected chi connectivity index (χ1v) is 18.3. The molecule has 238 valence electrons. The maximum atomic E-state index is 2.50. The lowest BCUT2D eigenvalue weighted by atomic mass is 10.00. The van der Waals surface area contributed by atoms with E-state index in [1.54, 1.807) is 0 Å². The van der Waals surface area contributed by atoms with Crippen molar-refractivity contribution in [2.75, 3.05) is 0 Å². The van der Waals surface area contributed by atoms with Gasteiger partial charge in [0.05, 0.1) is 27.8 Å². The third-order valence-corrected chi connectivity index (χ3v) is 11.7. The fraction of sp³-hybridized carbons (Fsp3) is 0. The third kappa shape index (κ3) is 4.29. The first-order chi connectivity index (χ1) is 25.3. The Balaban J connectivity index is 1.17. The maximum absolute atomic E-state index is 2.50. The molecule has 0 unspecified atom stereocenters. The van der Waals surface area contributed by atoms with Gasteiger partial charge in [-0.05, 0) is 76.9 Å². The minimum absolute atomic E-state index is 1.15. The summed E-state index contributed by atoms with van der Waals surface area (Å²) in [6, 6.07) is 66.6. The van der Waals surface area contributed by atoms with Gasteiger partial charge >= 0.3 is 0 Å². The molecular weight excluding hydrogens is 637 g/mol. The topological polar surface area (TPSA) is 9.86 Å². The molecule has 8 aromatic carbocycles. The lowest BCUT2D eigenvalue weighted by Crippen LogP contribution is -1.96. The van der Waals surface area contributed by atoms with Crippen LogP contribution < -0.4 is 0 Å². The van der Waals surface area contributed by atoms with Gasteiger partial charge in [-0.25, -0.2) is 0 Å². The molecule has 0 aliphatic carbocycles. The second kappa shape index (κ2) is 11.0. The van der Waals surface area contributed by atoms with E-state index in [0.717, 1.165) is 5.69 Å². The highest BCUT2D eigenvalue weighted by Crippen LogP contribution is 2.43. The number of rotatable bonds is 4. The number of hydrogen-bond acceptors (Lipinski definition) is 1. The Bertz CT molecular complexity index is 3120. The molecule has 11 aromatic rings. The van der Waals surface area contributed by atoms with E-state index in [9.17, 15) is 0 Å². The summed E-state index contributed by atoms with van der Waals surface area (Å²) in [5.41, 5.74) is 12.1. The van der Waals surface area contributed by atoms with E-state index in [1.165, 1.54) is 91.7 Å². The summed E-state index contributed by atoms with van der Waals surface area (Å²) >= 11 is 1.87. The van der Waals surface area contributed by atoms with Gasteiger partial charge in [-0.3, -0.25) is 0 Å². The molecule has 3 heteroatoms. The molecule has 0 atom stereocenters. The Hall–Kier alpha value is -6.42. The minimum atomic E-state index is 1.15. The molecule has 0 radical (unpaired) electrons. The molecule has 0 bridgehead atoms. The second-order valence-corrected chi connectivity index (χ2v) is 14.4. The zero-order chi connectivity index (χ0) is 33.5. The van der Waals surface area contributed by atoms with Crippen LogP contribution in [0.3, 0.4) is 0 Å². The van der Waals surface area contributed by atoms with Crippen LogP contribution in [0.1, 0.15) is 0 Å². The Morgan fingerprint density at radius 2 is 0.863 bits per heavy atom. The number of aromatic nitrogens is 2. The standard InChI is InChI=1S/C48H30N2S/c1-2-12-31(13-3-1)32-24-26-33(27-25-32)34-14-10-15-35(28-34)49-41-19-7-4-16-36(41)39-29-40-37-17-5-8-20-42(37)50(45(40)30-44(39)49)43-21-11-23-47-48(43)38-18-6-9-22-46(38)51-47/h1-30H. The van der Waals surface area contributed by atoms with Gasteiger partial charge in [-0.1, -0.05) is 127 Å². The van der Waals surface area contributed by atoms with Crippen LogP contribution in [0.5, 0.6) is 0 Å². The van der Waals surface area contributed by atoms with E-state index < -0.39 is 0 Å². The van der Waals surface area contributed by atoms with E-state index in [1.807, 2.05) is 11.3 Å². The fourth-order valence-electron chi connectivity index (χ4n) is 8.22. The second-order valence-electron chi connectivity index (χ2n) is 13.3. The molecule has 0 aliphatic heterocycles. The number of fused-ring (bicyclic) bond motifs is 9. The molecule has 0 N–H and O–H groups in total. The van der Waals surface area contributed by atoms with Crippen LogP contribution >= 0.6 is 11.3 Å². The Morgan fingerprint density at radius 3 is 1.63 bits per heavy atom. The molecule has 0 fully saturated rings. The van der Waals surface area contributed by atoms with E-state index in [4.69, 9.17) is 0 Å². The molecule has 2 nitrogen and oxygen atoms in total. The normalized spacial score (nSPS) is 11.9. The van der Waals surface area contributed by atoms with Gasteiger partial charge in [0.2, 0.25) is 0 Å². The average Bonchev–Trinajstić information content (AvgIpc) is 3.85. The van der Waals surface area contributed by atoms with Crippen LogP contribution in [0.15, 0.2) is 182 Å². The fourth-order valence-corrected chi connectivity index (χ4v) is 9.35. The van der Waals surface area contributed by atoms with Gasteiger partial charge in [0, 0.05) is 47.4 Å². The van der Waals surface area contributed by atoms with Crippen molar-refractivity contribution in [1.82, 2.24) is 9.13 Å². The summed E-state index contributed by atoms with van der Waals surface area (Å²) < 4.78 is 7.58. The number of hydrogen-bond donors (Lipinski definition) is 0. The van der Waals surface area contributed by atoms with Gasteiger partial charge in [0.25, 0.3) is 0 Å². The van der Waals surface area contributed by atoms with Crippen LogP contribution in [0.25, 0.3) is 97.4 Å². The van der Waals surface area contributed by atoms with Gasteiger partial charge in [0.1, 0.15) is 0 Å². The maximum Gasteiger partial charge on any atom is 0.0562 e. The molecule has 51 heavy (non-hydrogen) atoms. The van der Waals surface area contributed by atoms with Gasteiger partial charge in [-0.2, -0.15) is 0 Å². The van der Waals surface area contributed by atoms with Crippen molar-refractivity contribution < 1.29 is 0 Å². The molecule has 0 saturated carbocycles. The number of para-hydroxylation sites is 2. The molecule has 0 spiro atoms. The average molecular weight is 667 g/mol. The van der Waals surface area contributed by atoms with Crippen molar-refractivity contribution in [3.05, 3.63) is 182 Å². The van der Waals surface area contributed by atoms with Crippen molar-refractivity contribution in [2.45, 2.75) is 0 Å². The van der Waals surface area contributed by atoms with E-state index in [0.29, 0.717) is 0 Å². The summed E-state index contributed by atoms with van der Waals surface area (Å²) in [7, 11) is 0. The van der Waals surface area contributed by atoms with Gasteiger partial charge in [-0.15, -0.1) is 11.3 Å². The highest BCUT2D eigenvalue weighted by molar-refractivity contribution is 7.25. The Morgan fingerprint density at radius 1 is 0.314 bits per heavy atom. The highest BCUT2D eigenvalue weighted by Gasteiger charge is 2.20. The molecule has 0 aliphatic rings. The predicted molar refractivity (Wildman–Crippen MR) is 219 cm³/mol. The molecule has 3 aromatic heterocycles. The summed E-state index contributed by atoms with van der Waals surface area (Å²) in [4.78, 5) is 0. The lowest BCUT2D eigenvalue weighted by Gasteiger charge is -2.12. The van der Waals surface area contributed by atoms with Gasteiger partial charge < -0.3 is 9.13 Å². The van der Waals surface area contributed by atoms with Crippen LogP contribution in [0.4, 0.5) is 0 Å². The van der Waals surface area contributed by atoms with Crippen molar-refractivity contribution in [1.29, 1.82) is 0 Å². The largest absolute Gasteiger partial charge is 0.309 e. The number of nitrogens with zero attached hydrogens (tertiary/aromatic N) is 2. The minimum Gasteiger partial charge on any atom is -0.309 e. The first-order valence-electron chi connectivity index (χ1n) is 17.4. The van der Waals surface area contributed by atoms with Crippen molar-refractivity contribution in [2.24, 2.45) is 0 Å². The predicted octanol–water partition coefficient (Wildman–Crippen LogP) is 13.6. The SMILES string of the molecule is c1ccc(-c2ccc(-c3cccc(-n4c5ccccc5c5cc6c7ccccc7n(-c7cccc8sc9ccccc9c78)c6cc54)c3)cc2)cc1. The summed E-state index contributed by atoms with van der Waals surface area (Å²) in [6.45, 7) is 0. The molecule has 0 saturated heterocycles. The molecular formula is C48H30N2S. The van der Waals surface area contributed by atoms with Crippen LogP contribution in [0, 0.1) is 0 Å². The quantitative estimate of drug-likeness (QED) is 0.177. The first kappa shape index (κ1) is 28.4. The Labute approximate surface area is 298 Å². The number of thiophene rings is 1. The van der Waals surface area contributed by atoms with Crippen LogP contribution in [-0.2, 0) is 0 Å². The van der Waals surface area contributed by atoms with E-state index in [-0.39, 0.29) is 0 Å². The van der Waals surface area contributed by atoms with Gasteiger partial charge in [0.15, 0.2) is 0 Å². The molecule has 0 amide bonds. The smallest absolute Gasteiger partial charge is 0.0562 e. The Kier molecular flexibility index (Phi) is 6.16. The zero-order valence-corrected chi connectivity index (χ0v) is 28.4. The molecule has 11 rings (SSSR count). The van der Waals surface area contributed by atoms with E-state index in [2.05, 4.69) is 191 Å². The monoisotopic (exact) mass is 666 g/mol. The zero-order valence-electron chi connectivity index (χ0n) is 27.6. The summed E-state index contributed by atoms with van der Waals surface area (Å²) in [6.07, 6.45) is 0. The van der Waals surface area contributed by atoms with Crippen molar-refractivity contribution in [3.8, 4) is 33.6 Å². The van der Waals surface area contributed by atoms with Crippen LogP contribution in [0.2, 0.25) is 0 Å². The highest BCUT2D eigenvalue weighted by atomic mass is 32.1. The van der Waals surface area contributed by atoms with Crippen molar-refractivity contribution >= 4 is 75.1 Å². The van der Waals surface area contributed by atoms with Crippen molar-refractivity contribution in [3.63, 3.8) is 0 Å². The number of benzene rings is 8. The summed E-state index contributed by atoms with van der Waals surface area (Å²) in [5.74, 6) is 0. The molecule has 3 heterocycles. The van der Waals surface area contributed by atoms with E-state index >= 15 is 0 Å². The van der Waals surface area contributed by atoms with Crippen LogP contribution in [-0.4, -0.2) is 9.13 Å². The third-order valence-electron chi connectivity index (χ3n) is 10.5.